The van der Waals surface area contributed by atoms with Gasteiger partial charge < -0.3 is 4.98 Å². The summed E-state index contributed by atoms with van der Waals surface area (Å²) in [6.07, 6.45) is 4.50. The van der Waals surface area contributed by atoms with Crippen molar-refractivity contribution in [2.24, 2.45) is 29.6 Å². The lowest BCUT2D eigenvalue weighted by Gasteiger charge is -2.42. The molecule has 0 spiro atoms. The summed E-state index contributed by atoms with van der Waals surface area (Å²) in [7, 11) is 0. The fourth-order valence-electron chi connectivity index (χ4n) is 6.79. The molecule has 166 valence electrons. The summed E-state index contributed by atoms with van der Waals surface area (Å²) in [5.74, 6) is -0.396. The standard InChI is InChI=1S/C24H18ClN3O3S2/c25-11-3-5-12(6-4-11)28-22(29)17-13-8-14(18(17)23(28)30)19-16(13)15(10-2-1-7-26-9-10)20-21(32-19)27-24(31)33-20/h1-7,9,13-19H,8H2,(H,27,31)/t13-,14-,15+,16+,17+,18+,19-/m1/s1. The molecule has 4 heterocycles. The molecule has 33 heavy (non-hydrogen) atoms. The SMILES string of the molecule is O=C1[C@H]2[C@H]3C[C@@H]([C@@H]2C(=O)N1c1ccc(Cl)cc1)[C@H]1[C@H](c2cccnc2)c2sc(=O)[nH]c2S[C@H]31. The van der Waals surface area contributed by atoms with Crippen molar-refractivity contribution in [3.8, 4) is 0 Å². The Bertz CT molecular complexity index is 1360. The van der Waals surface area contributed by atoms with Gasteiger partial charge in [-0.25, -0.2) is 0 Å². The first-order valence-electron chi connectivity index (χ1n) is 11.0. The van der Waals surface area contributed by atoms with E-state index in [-0.39, 0.29) is 57.4 Å². The zero-order chi connectivity index (χ0) is 22.4. The molecule has 0 radical (unpaired) electrons. The Labute approximate surface area is 202 Å². The highest BCUT2D eigenvalue weighted by Crippen LogP contribution is 2.68. The molecule has 0 unspecified atom stereocenters. The highest BCUT2D eigenvalue weighted by molar-refractivity contribution is 8.00. The summed E-state index contributed by atoms with van der Waals surface area (Å²) in [5.41, 5.74) is 1.66. The molecule has 2 aromatic heterocycles. The number of imide groups is 1. The van der Waals surface area contributed by atoms with E-state index < -0.39 is 0 Å². The van der Waals surface area contributed by atoms with Crippen LogP contribution in [0.4, 0.5) is 5.69 Å². The van der Waals surface area contributed by atoms with Gasteiger partial charge >= 0.3 is 4.87 Å². The van der Waals surface area contributed by atoms with Crippen LogP contribution in [0.25, 0.3) is 0 Å². The molecule has 3 aromatic rings. The average Bonchev–Trinajstić information content (AvgIpc) is 3.54. The second-order valence-electron chi connectivity index (χ2n) is 9.24. The average molecular weight is 496 g/mol. The Kier molecular flexibility index (Phi) is 4.27. The number of benzene rings is 1. The van der Waals surface area contributed by atoms with Gasteiger partial charge in [-0.1, -0.05) is 29.0 Å². The van der Waals surface area contributed by atoms with E-state index in [0.29, 0.717) is 10.7 Å². The summed E-state index contributed by atoms with van der Waals surface area (Å²) in [6.45, 7) is 0. The van der Waals surface area contributed by atoms with Gasteiger partial charge in [0.1, 0.15) is 0 Å². The van der Waals surface area contributed by atoms with Gasteiger partial charge in [0.05, 0.1) is 22.5 Å². The van der Waals surface area contributed by atoms with Crippen molar-refractivity contribution < 1.29 is 9.59 Å². The summed E-state index contributed by atoms with van der Waals surface area (Å²) in [5, 5.41) is 1.66. The van der Waals surface area contributed by atoms with Crippen LogP contribution in [0.2, 0.25) is 5.02 Å². The van der Waals surface area contributed by atoms with Gasteiger partial charge in [0, 0.05) is 33.5 Å². The minimum absolute atomic E-state index is 0.00679. The first kappa shape index (κ1) is 20.0. The van der Waals surface area contributed by atoms with Gasteiger partial charge in [0.25, 0.3) is 0 Å². The van der Waals surface area contributed by atoms with Crippen LogP contribution in [0.15, 0.2) is 58.6 Å². The molecule has 9 heteroatoms. The zero-order valence-corrected chi connectivity index (χ0v) is 19.6. The number of carbonyl (C=O) groups excluding carboxylic acids is 2. The van der Waals surface area contributed by atoms with Crippen LogP contribution >= 0.6 is 34.7 Å². The van der Waals surface area contributed by atoms with Crippen LogP contribution in [0.1, 0.15) is 22.8 Å². The third-order valence-electron chi connectivity index (χ3n) is 7.85. The van der Waals surface area contributed by atoms with Crippen LogP contribution in [-0.2, 0) is 9.59 Å². The van der Waals surface area contributed by atoms with E-state index in [1.807, 2.05) is 12.3 Å². The number of pyridine rings is 1. The van der Waals surface area contributed by atoms with Crippen LogP contribution in [0.3, 0.4) is 0 Å². The normalized spacial score (nSPS) is 33.8. The van der Waals surface area contributed by atoms with Crippen molar-refractivity contribution in [2.45, 2.75) is 22.6 Å². The maximum absolute atomic E-state index is 13.6. The number of nitrogens with zero attached hydrogens (tertiary/aromatic N) is 2. The Morgan fingerprint density at radius 2 is 1.79 bits per heavy atom. The Morgan fingerprint density at radius 1 is 1.03 bits per heavy atom. The Balaban J connectivity index is 1.33. The molecule has 2 amide bonds. The zero-order valence-electron chi connectivity index (χ0n) is 17.2. The molecule has 7 atom stereocenters. The maximum atomic E-state index is 13.6. The number of anilines is 1. The number of hydrogen-bond acceptors (Lipinski definition) is 6. The van der Waals surface area contributed by atoms with Gasteiger partial charge in [-0.2, -0.15) is 0 Å². The highest BCUT2D eigenvalue weighted by atomic mass is 35.5. The number of hydrogen-bond donors (Lipinski definition) is 1. The van der Waals surface area contributed by atoms with Gasteiger partial charge in [-0.05, 0) is 60.1 Å². The number of aromatic nitrogens is 2. The van der Waals surface area contributed by atoms with Gasteiger partial charge in [0.15, 0.2) is 0 Å². The van der Waals surface area contributed by atoms with E-state index in [2.05, 4.69) is 16.0 Å². The molecule has 2 aliphatic heterocycles. The van der Waals surface area contributed by atoms with Crippen molar-refractivity contribution in [1.82, 2.24) is 9.97 Å². The van der Waals surface area contributed by atoms with Gasteiger partial charge in [-0.3, -0.25) is 24.3 Å². The first-order chi connectivity index (χ1) is 16.0. The first-order valence-corrected chi connectivity index (χ1v) is 13.0. The van der Waals surface area contributed by atoms with Crippen LogP contribution < -0.4 is 9.77 Å². The smallest absolute Gasteiger partial charge is 0.305 e. The molecule has 2 saturated carbocycles. The molecule has 1 saturated heterocycles. The molecule has 6 nitrogen and oxygen atoms in total. The number of thiazole rings is 1. The summed E-state index contributed by atoms with van der Waals surface area (Å²) in [6, 6.07) is 10.9. The van der Waals surface area contributed by atoms with Gasteiger partial charge in [-0.15, -0.1) is 11.8 Å². The number of carbonyl (C=O) groups is 2. The fraction of sp³-hybridized carbons (Fsp3) is 0.333. The Morgan fingerprint density at radius 3 is 2.52 bits per heavy atom. The molecular formula is C24H18ClN3O3S2. The predicted octanol–water partition coefficient (Wildman–Crippen LogP) is 4.16. The minimum Gasteiger partial charge on any atom is -0.307 e. The topological polar surface area (TPSA) is 83.1 Å². The summed E-state index contributed by atoms with van der Waals surface area (Å²) >= 11 is 8.98. The molecule has 3 fully saturated rings. The number of amides is 2. The van der Waals surface area contributed by atoms with Crippen molar-refractivity contribution in [1.29, 1.82) is 0 Å². The van der Waals surface area contributed by atoms with Crippen molar-refractivity contribution in [3.05, 3.63) is 73.9 Å². The number of H-pyrrole nitrogens is 1. The van der Waals surface area contributed by atoms with Gasteiger partial charge in [0.2, 0.25) is 11.8 Å². The predicted molar refractivity (Wildman–Crippen MR) is 127 cm³/mol. The molecule has 1 aromatic carbocycles. The van der Waals surface area contributed by atoms with E-state index in [9.17, 15) is 14.4 Å². The number of aromatic amines is 1. The summed E-state index contributed by atoms with van der Waals surface area (Å²) in [4.78, 5) is 49.2. The lowest BCUT2D eigenvalue weighted by molar-refractivity contribution is -0.123. The van der Waals surface area contributed by atoms with Crippen LogP contribution in [-0.4, -0.2) is 27.0 Å². The highest BCUT2D eigenvalue weighted by Gasteiger charge is 2.69. The second kappa shape index (κ2) is 7.04. The molecule has 7 rings (SSSR count). The van der Waals surface area contributed by atoms with Crippen molar-refractivity contribution in [3.63, 3.8) is 0 Å². The van der Waals surface area contributed by atoms with E-state index in [0.717, 1.165) is 21.9 Å². The number of thioether (sulfide) groups is 1. The van der Waals surface area contributed by atoms with Crippen molar-refractivity contribution >= 4 is 52.2 Å². The molecule has 2 aliphatic carbocycles. The number of nitrogens with one attached hydrogen (secondary N) is 1. The third kappa shape index (κ3) is 2.68. The number of halogens is 1. The fourth-order valence-corrected chi connectivity index (χ4v) is 9.81. The quantitative estimate of drug-likeness (QED) is 0.540. The van der Waals surface area contributed by atoms with E-state index in [1.54, 1.807) is 42.2 Å². The lowest BCUT2D eigenvalue weighted by atomic mass is 9.68. The lowest BCUT2D eigenvalue weighted by Crippen LogP contribution is -2.42. The molecule has 2 bridgehead atoms. The number of fused-ring (bicyclic) bond motifs is 9. The van der Waals surface area contributed by atoms with Crippen molar-refractivity contribution in [2.75, 3.05) is 4.90 Å². The molecule has 1 N–H and O–H groups in total. The van der Waals surface area contributed by atoms with Crippen LogP contribution in [0.5, 0.6) is 0 Å². The van der Waals surface area contributed by atoms with E-state index in [4.69, 9.17) is 11.6 Å². The monoisotopic (exact) mass is 495 g/mol. The Hall–Kier alpha value is -2.42. The summed E-state index contributed by atoms with van der Waals surface area (Å²) < 4.78 is 0. The minimum atomic E-state index is -0.309. The maximum Gasteiger partial charge on any atom is 0.305 e. The third-order valence-corrected chi connectivity index (χ3v) is 10.7. The number of rotatable bonds is 2. The molecular weight excluding hydrogens is 478 g/mol. The largest absolute Gasteiger partial charge is 0.307 e. The van der Waals surface area contributed by atoms with Crippen LogP contribution in [0, 0.1) is 29.6 Å². The van der Waals surface area contributed by atoms with E-state index >= 15 is 0 Å². The second-order valence-corrected chi connectivity index (χ2v) is 11.9. The van der Waals surface area contributed by atoms with E-state index in [1.165, 1.54) is 16.2 Å². The molecule has 4 aliphatic rings.